The number of hydrogen-bond acceptors (Lipinski definition) is 13. The molecule has 1 aliphatic carbocycles. The Balaban J connectivity index is 3.75. The van der Waals surface area contributed by atoms with E-state index in [4.69, 9.17) is 28.4 Å². The highest BCUT2D eigenvalue weighted by Crippen LogP contribution is 2.41. The number of carbonyl (C=O) groups is 6. The van der Waals surface area contributed by atoms with Gasteiger partial charge in [0, 0.05) is 48.0 Å². The van der Waals surface area contributed by atoms with Crippen LogP contribution in [0.4, 0.5) is 0 Å². The van der Waals surface area contributed by atoms with Gasteiger partial charge in [-0.3, -0.25) is 28.8 Å². The lowest BCUT2D eigenvalue weighted by molar-refractivity contribution is -0.288. The summed E-state index contributed by atoms with van der Waals surface area (Å²) in [6.45, 7) is 5.68. The number of hydrogen-bond donors (Lipinski definition) is 1. The first kappa shape index (κ1) is 27.8. The standard InChI is InChI=1S/C20H28O13/c1-9(21)28-8-7-20(27)18(32-13(5)25)16(30-11(3)23)15(29-10(2)22)17(31-12(4)24)19(20)33-14(6)26/h15-19,27H,7-8H2,1-6H3. The minimum Gasteiger partial charge on any atom is -0.466 e. The minimum atomic E-state index is -2.41. The molecule has 186 valence electrons. The van der Waals surface area contributed by atoms with Gasteiger partial charge in [0.05, 0.1) is 6.61 Å². The smallest absolute Gasteiger partial charge is 0.303 e. The lowest BCUT2D eigenvalue weighted by Crippen LogP contribution is -2.74. The Morgan fingerprint density at radius 2 is 0.909 bits per heavy atom. The third-order valence-corrected chi connectivity index (χ3v) is 4.53. The van der Waals surface area contributed by atoms with Crippen molar-refractivity contribution in [3.05, 3.63) is 0 Å². The van der Waals surface area contributed by atoms with Gasteiger partial charge in [-0.1, -0.05) is 0 Å². The molecular weight excluding hydrogens is 448 g/mol. The van der Waals surface area contributed by atoms with Crippen LogP contribution in [0.15, 0.2) is 0 Å². The van der Waals surface area contributed by atoms with Crippen LogP contribution in [-0.2, 0) is 57.2 Å². The van der Waals surface area contributed by atoms with Gasteiger partial charge in [0.1, 0.15) is 5.60 Å². The average molecular weight is 476 g/mol. The Hall–Kier alpha value is -3.22. The first-order valence-corrected chi connectivity index (χ1v) is 9.90. The molecular formula is C20H28O13. The largest absolute Gasteiger partial charge is 0.466 e. The molecule has 0 amide bonds. The molecule has 0 aromatic rings. The Morgan fingerprint density at radius 1 is 0.576 bits per heavy atom. The molecule has 1 rings (SSSR count). The molecule has 0 aliphatic heterocycles. The molecule has 4 atom stereocenters. The molecule has 0 bridgehead atoms. The van der Waals surface area contributed by atoms with E-state index < -0.39 is 85.0 Å². The van der Waals surface area contributed by atoms with E-state index in [1.165, 1.54) is 0 Å². The maximum atomic E-state index is 11.9. The van der Waals surface area contributed by atoms with Gasteiger partial charge in [0.15, 0.2) is 30.5 Å². The molecule has 0 aromatic heterocycles. The molecule has 1 aliphatic rings. The van der Waals surface area contributed by atoms with Crippen LogP contribution in [0.25, 0.3) is 0 Å². The fraction of sp³-hybridized carbons (Fsp3) is 0.700. The predicted octanol–water partition coefficient (Wildman–Crippen LogP) is -0.657. The van der Waals surface area contributed by atoms with Gasteiger partial charge < -0.3 is 33.5 Å². The fourth-order valence-corrected chi connectivity index (χ4v) is 3.57. The molecule has 0 heterocycles. The van der Waals surface area contributed by atoms with Crippen molar-refractivity contribution in [1.82, 2.24) is 0 Å². The van der Waals surface area contributed by atoms with Crippen molar-refractivity contribution in [2.45, 2.75) is 84.1 Å². The predicted molar refractivity (Wildman–Crippen MR) is 104 cm³/mol. The van der Waals surface area contributed by atoms with Crippen molar-refractivity contribution < 1.29 is 62.3 Å². The SMILES string of the molecule is CC(=O)OCCC1(O)C(OC(C)=O)C(OC(C)=O)C(OC(C)=O)C(OC(C)=O)C1OC(C)=O. The quantitative estimate of drug-likeness (QED) is 0.345. The topological polar surface area (TPSA) is 178 Å². The maximum Gasteiger partial charge on any atom is 0.303 e. The summed E-state index contributed by atoms with van der Waals surface area (Å²) in [7, 11) is 0. The van der Waals surface area contributed by atoms with Crippen LogP contribution in [0.1, 0.15) is 48.0 Å². The van der Waals surface area contributed by atoms with Crippen LogP contribution >= 0.6 is 0 Å². The second kappa shape index (κ2) is 11.6. The molecule has 0 saturated heterocycles. The zero-order chi connectivity index (χ0) is 25.5. The minimum absolute atomic E-state index is 0.445. The van der Waals surface area contributed by atoms with Crippen LogP contribution in [0.2, 0.25) is 0 Å². The summed E-state index contributed by atoms with van der Waals surface area (Å²) in [6, 6.07) is 0. The first-order chi connectivity index (χ1) is 15.2. The van der Waals surface area contributed by atoms with Crippen LogP contribution in [0, 0.1) is 0 Å². The van der Waals surface area contributed by atoms with Crippen LogP contribution < -0.4 is 0 Å². The summed E-state index contributed by atoms with van der Waals surface area (Å²) >= 11 is 0. The summed E-state index contributed by atoms with van der Waals surface area (Å²) in [5, 5.41) is 11.7. The van der Waals surface area contributed by atoms with Crippen molar-refractivity contribution >= 4 is 35.8 Å². The Labute approximate surface area is 189 Å². The van der Waals surface area contributed by atoms with Crippen molar-refractivity contribution in [1.29, 1.82) is 0 Å². The summed E-state index contributed by atoms with van der Waals surface area (Å²) in [5.74, 6) is -5.29. The molecule has 0 spiro atoms. The molecule has 13 nitrogen and oxygen atoms in total. The van der Waals surface area contributed by atoms with Gasteiger partial charge in [0.2, 0.25) is 0 Å². The summed E-state index contributed by atoms with van der Waals surface area (Å²) in [5.41, 5.74) is -2.41. The average Bonchev–Trinajstić information content (AvgIpc) is 2.63. The summed E-state index contributed by atoms with van der Waals surface area (Å²) < 4.78 is 30.9. The first-order valence-electron chi connectivity index (χ1n) is 9.90. The normalized spacial score (nSPS) is 28.6. The van der Waals surface area contributed by atoms with Crippen LogP contribution in [-0.4, -0.2) is 83.7 Å². The van der Waals surface area contributed by atoms with Gasteiger partial charge in [0.25, 0.3) is 0 Å². The number of esters is 6. The molecule has 33 heavy (non-hydrogen) atoms. The maximum absolute atomic E-state index is 11.9. The molecule has 0 radical (unpaired) electrons. The van der Waals surface area contributed by atoms with E-state index in [1.54, 1.807) is 0 Å². The highest BCUT2D eigenvalue weighted by molar-refractivity contribution is 5.70. The second-order valence-corrected chi connectivity index (χ2v) is 7.36. The van der Waals surface area contributed by atoms with E-state index >= 15 is 0 Å². The van der Waals surface area contributed by atoms with E-state index in [0.717, 1.165) is 41.5 Å². The van der Waals surface area contributed by atoms with Gasteiger partial charge in [-0.15, -0.1) is 0 Å². The number of aliphatic hydroxyl groups is 1. The fourth-order valence-electron chi connectivity index (χ4n) is 3.57. The van der Waals surface area contributed by atoms with Crippen LogP contribution in [0.5, 0.6) is 0 Å². The third kappa shape index (κ3) is 7.70. The highest BCUT2D eigenvalue weighted by Gasteiger charge is 2.66. The monoisotopic (exact) mass is 476 g/mol. The molecule has 4 unspecified atom stereocenters. The molecule has 13 heteroatoms. The van der Waals surface area contributed by atoms with Gasteiger partial charge in [-0.25, -0.2) is 0 Å². The number of rotatable bonds is 8. The lowest BCUT2D eigenvalue weighted by Gasteiger charge is -2.52. The summed E-state index contributed by atoms with van der Waals surface area (Å²) in [4.78, 5) is 70.4. The van der Waals surface area contributed by atoms with Crippen LogP contribution in [0.3, 0.4) is 0 Å². The highest BCUT2D eigenvalue weighted by atomic mass is 16.7. The molecule has 1 fully saturated rings. The molecule has 1 N–H and O–H groups in total. The Bertz CT molecular complexity index is 745. The van der Waals surface area contributed by atoms with Gasteiger partial charge in [-0.05, 0) is 0 Å². The molecule has 1 saturated carbocycles. The summed E-state index contributed by atoms with van der Waals surface area (Å²) in [6.07, 6.45) is -9.09. The van der Waals surface area contributed by atoms with E-state index in [0.29, 0.717) is 0 Å². The van der Waals surface area contributed by atoms with Crippen molar-refractivity contribution in [2.24, 2.45) is 0 Å². The van der Waals surface area contributed by atoms with Crippen molar-refractivity contribution in [3.63, 3.8) is 0 Å². The van der Waals surface area contributed by atoms with Gasteiger partial charge >= 0.3 is 35.8 Å². The second-order valence-electron chi connectivity index (χ2n) is 7.36. The Morgan fingerprint density at radius 3 is 1.21 bits per heavy atom. The third-order valence-electron chi connectivity index (χ3n) is 4.53. The Kier molecular flexibility index (Phi) is 9.77. The number of carbonyl (C=O) groups excluding carboxylic acids is 6. The number of ether oxygens (including phenoxy) is 6. The zero-order valence-electron chi connectivity index (χ0n) is 19.1. The molecule has 0 aromatic carbocycles. The van der Waals surface area contributed by atoms with Crippen molar-refractivity contribution in [2.75, 3.05) is 6.61 Å². The van der Waals surface area contributed by atoms with Crippen molar-refractivity contribution in [3.8, 4) is 0 Å². The van der Waals surface area contributed by atoms with Gasteiger partial charge in [-0.2, -0.15) is 0 Å². The van der Waals surface area contributed by atoms with E-state index in [-0.39, 0.29) is 0 Å². The lowest BCUT2D eigenvalue weighted by atomic mass is 9.72. The van der Waals surface area contributed by atoms with E-state index in [9.17, 15) is 33.9 Å². The zero-order valence-corrected chi connectivity index (χ0v) is 19.1. The van der Waals surface area contributed by atoms with E-state index in [1.807, 2.05) is 0 Å². The van der Waals surface area contributed by atoms with E-state index in [2.05, 4.69) is 0 Å².